The van der Waals surface area contributed by atoms with E-state index in [4.69, 9.17) is 10.8 Å². The van der Waals surface area contributed by atoms with E-state index < -0.39 is 66.9 Å². The van der Waals surface area contributed by atoms with Crippen molar-refractivity contribution < 1.29 is 44.4 Å². The van der Waals surface area contributed by atoms with Crippen LogP contribution in [-0.4, -0.2) is 80.9 Å². The van der Waals surface area contributed by atoms with Gasteiger partial charge >= 0.3 is 11.9 Å². The SMILES string of the molecule is CC(N)C(=O)NC(CCC(=O)O)C(=O)NC(CO)C(=O)NC(Cc1ccc(O)cc1)C(=O)O. The number of aliphatic carboxylic acids is 2. The summed E-state index contributed by atoms with van der Waals surface area (Å²) < 4.78 is 0. The summed E-state index contributed by atoms with van der Waals surface area (Å²) in [5.41, 5.74) is 5.93. The number of hydrogen-bond acceptors (Lipinski definition) is 8. The van der Waals surface area contributed by atoms with E-state index in [1.807, 2.05) is 0 Å². The maximum atomic E-state index is 12.5. The van der Waals surface area contributed by atoms with Gasteiger partial charge in [-0.25, -0.2) is 4.79 Å². The maximum absolute atomic E-state index is 12.5. The summed E-state index contributed by atoms with van der Waals surface area (Å²) in [5.74, 6) is -5.31. The van der Waals surface area contributed by atoms with Gasteiger partial charge in [0.15, 0.2) is 0 Å². The molecule has 0 fully saturated rings. The maximum Gasteiger partial charge on any atom is 0.326 e. The molecule has 1 rings (SSSR count). The molecule has 13 nitrogen and oxygen atoms in total. The number of carboxylic acid groups (broad SMARTS) is 2. The first-order chi connectivity index (χ1) is 15.4. The highest BCUT2D eigenvalue weighted by molar-refractivity contribution is 5.94. The van der Waals surface area contributed by atoms with Crippen molar-refractivity contribution in [2.24, 2.45) is 5.73 Å². The quantitative estimate of drug-likeness (QED) is 0.154. The zero-order valence-electron chi connectivity index (χ0n) is 17.9. The molecule has 182 valence electrons. The van der Waals surface area contributed by atoms with E-state index in [2.05, 4.69) is 16.0 Å². The van der Waals surface area contributed by atoms with Crippen molar-refractivity contribution in [2.45, 2.75) is 50.4 Å². The third kappa shape index (κ3) is 9.53. The molecular weight excluding hydrogens is 440 g/mol. The molecule has 33 heavy (non-hydrogen) atoms. The van der Waals surface area contributed by atoms with Crippen LogP contribution in [0.2, 0.25) is 0 Å². The number of nitrogens with two attached hydrogens (primary N) is 1. The average molecular weight is 468 g/mol. The van der Waals surface area contributed by atoms with Crippen LogP contribution in [0.4, 0.5) is 0 Å². The van der Waals surface area contributed by atoms with Gasteiger partial charge < -0.3 is 42.1 Å². The number of aliphatic hydroxyl groups excluding tert-OH is 1. The molecule has 0 bridgehead atoms. The number of aliphatic hydroxyl groups is 1. The van der Waals surface area contributed by atoms with Gasteiger partial charge in [-0.05, 0) is 31.0 Å². The Labute approximate surface area is 189 Å². The van der Waals surface area contributed by atoms with Gasteiger partial charge in [0.1, 0.15) is 23.9 Å². The lowest BCUT2D eigenvalue weighted by molar-refractivity contribution is -0.142. The molecule has 0 heterocycles. The number of carbonyl (C=O) groups is 5. The van der Waals surface area contributed by atoms with Crippen molar-refractivity contribution in [3.05, 3.63) is 29.8 Å². The fourth-order valence-electron chi connectivity index (χ4n) is 2.65. The van der Waals surface area contributed by atoms with Crippen LogP contribution in [0.1, 0.15) is 25.3 Å². The molecule has 0 aliphatic heterocycles. The van der Waals surface area contributed by atoms with Crippen LogP contribution in [0, 0.1) is 0 Å². The minimum absolute atomic E-state index is 0.0220. The molecular formula is C20H28N4O9. The Morgan fingerprint density at radius 3 is 1.88 bits per heavy atom. The molecule has 0 aromatic heterocycles. The summed E-state index contributed by atoms with van der Waals surface area (Å²) in [5, 5.41) is 43.8. The van der Waals surface area contributed by atoms with Gasteiger partial charge in [0.25, 0.3) is 0 Å². The van der Waals surface area contributed by atoms with Gasteiger partial charge in [-0.1, -0.05) is 12.1 Å². The summed E-state index contributed by atoms with van der Waals surface area (Å²) in [6, 6.07) is 0.314. The predicted octanol–water partition coefficient (Wildman–Crippen LogP) is -2.32. The summed E-state index contributed by atoms with van der Waals surface area (Å²) in [7, 11) is 0. The molecule has 0 aliphatic rings. The molecule has 0 radical (unpaired) electrons. The highest BCUT2D eigenvalue weighted by Crippen LogP contribution is 2.11. The van der Waals surface area contributed by atoms with Crippen molar-refractivity contribution in [1.29, 1.82) is 0 Å². The summed E-state index contributed by atoms with van der Waals surface area (Å²) in [6.07, 6.45) is -0.918. The van der Waals surface area contributed by atoms with Gasteiger partial charge in [0.05, 0.1) is 12.6 Å². The van der Waals surface area contributed by atoms with Crippen molar-refractivity contribution in [3.8, 4) is 5.75 Å². The first kappa shape index (κ1) is 27.3. The Morgan fingerprint density at radius 2 is 1.39 bits per heavy atom. The van der Waals surface area contributed by atoms with E-state index >= 15 is 0 Å². The lowest BCUT2D eigenvalue weighted by Gasteiger charge is -2.23. The molecule has 0 saturated heterocycles. The van der Waals surface area contributed by atoms with Crippen molar-refractivity contribution >= 4 is 29.7 Å². The second-order valence-electron chi connectivity index (χ2n) is 7.30. The second-order valence-corrected chi connectivity index (χ2v) is 7.30. The smallest absolute Gasteiger partial charge is 0.326 e. The van der Waals surface area contributed by atoms with E-state index in [1.165, 1.54) is 31.2 Å². The minimum Gasteiger partial charge on any atom is -0.508 e. The van der Waals surface area contributed by atoms with Crippen molar-refractivity contribution in [1.82, 2.24) is 16.0 Å². The third-order valence-corrected chi connectivity index (χ3v) is 4.50. The van der Waals surface area contributed by atoms with Crippen LogP contribution in [0.15, 0.2) is 24.3 Å². The average Bonchev–Trinajstić information content (AvgIpc) is 2.74. The third-order valence-electron chi connectivity index (χ3n) is 4.50. The van der Waals surface area contributed by atoms with E-state index in [0.29, 0.717) is 5.56 Å². The topological polar surface area (TPSA) is 228 Å². The molecule has 1 aromatic carbocycles. The molecule has 0 spiro atoms. The second kappa shape index (κ2) is 13.0. The lowest BCUT2D eigenvalue weighted by atomic mass is 10.1. The zero-order valence-corrected chi connectivity index (χ0v) is 17.9. The van der Waals surface area contributed by atoms with E-state index in [-0.39, 0.29) is 18.6 Å². The standard InChI is InChI=1S/C20H28N4O9/c1-10(21)17(29)22-13(6-7-16(27)28)18(30)24-15(9-25)19(31)23-14(20(32)33)8-11-2-4-12(26)5-3-11/h2-5,10,13-15,25-26H,6-9,21H2,1H3,(H,22,29)(H,23,31)(H,24,30)(H,27,28)(H,32,33). The van der Waals surface area contributed by atoms with Gasteiger partial charge in [0, 0.05) is 12.8 Å². The monoisotopic (exact) mass is 468 g/mol. The Hall–Kier alpha value is -3.71. The van der Waals surface area contributed by atoms with Crippen LogP contribution < -0.4 is 21.7 Å². The number of benzene rings is 1. The Balaban J connectivity index is 2.87. The normalized spacial score (nSPS) is 14.3. The van der Waals surface area contributed by atoms with Gasteiger partial charge in [-0.3, -0.25) is 19.2 Å². The number of aromatic hydroxyl groups is 1. The first-order valence-corrected chi connectivity index (χ1v) is 9.94. The number of nitrogens with one attached hydrogen (secondary N) is 3. The largest absolute Gasteiger partial charge is 0.508 e. The van der Waals surface area contributed by atoms with E-state index in [9.17, 15) is 39.3 Å². The summed E-state index contributed by atoms with van der Waals surface area (Å²) >= 11 is 0. The van der Waals surface area contributed by atoms with Crippen molar-refractivity contribution in [3.63, 3.8) is 0 Å². The van der Waals surface area contributed by atoms with Gasteiger partial charge in [-0.15, -0.1) is 0 Å². The predicted molar refractivity (Wildman–Crippen MR) is 113 cm³/mol. The lowest BCUT2D eigenvalue weighted by Crippen LogP contribution is -2.58. The fourth-order valence-corrected chi connectivity index (χ4v) is 2.65. The molecule has 1 aromatic rings. The van der Waals surface area contributed by atoms with Crippen LogP contribution in [0.25, 0.3) is 0 Å². The fraction of sp³-hybridized carbons (Fsp3) is 0.450. The molecule has 3 amide bonds. The number of carboxylic acids is 2. The van der Waals surface area contributed by atoms with Crippen molar-refractivity contribution in [2.75, 3.05) is 6.61 Å². The van der Waals surface area contributed by atoms with Gasteiger partial charge in [0.2, 0.25) is 17.7 Å². The minimum atomic E-state index is -1.57. The zero-order chi connectivity index (χ0) is 25.1. The number of amides is 3. The number of phenols is 1. The number of rotatable bonds is 13. The molecule has 0 saturated carbocycles. The first-order valence-electron chi connectivity index (χ1n) is 9.94. The number of phenolic OH excluding ortho intramolecular Hbond substituents is 1. The molecule has 0 aliphatic carbocycles. The molecule has 9 N–H and O–H groups in total. The van der Waals surface area contributed by atoms with Gasteiger partial charge in [-0.2, -0.15) is 0 Å². The van der Waals surface area contributed by atoms with E-state index in [0.717, 1.165) is 0 Å². The van der Waals surface area contributed by atoms with Crippen LogP contribution >= 0.6 is 0 Å². The summed E-state index contributed by atoms with van der Waals surface area (Å²) in [4.78, 5) is 59.3. The van der Waals surface area contributed by atoms with Crippen LogP contribution in [0.3, 0.4) is 0 Å². The highest BCUT2D eigenvalue weighted by Gasteiger charge is 2.30. The molecule has 4 unspecified atom stereocenters. The van der Waals surface area contributed by atoms with Crippen LogP contribution in [-0.2, 0) is 30.4 Å². The van der Waals surface area contributed by atoms with Crippen LogP contribution in [0.5, 0.6) is 5.75 Å². The number of carbonyl (C=O) groups excluding carboxylic acids is 3. The highest BCUT2D eigenvalue weighted by atomic mass is 16.4. The Bertz CT molecular complexity index is 858. The summed E-state index contributed by atoms with van der Waals surface area (Å²) in [6.45, 7) is 0.460. The molecule has 13 heteroatoms. The Kier molecular flexibility index (Phi) is 10.7. The number of hydrogen-bond donors (Lipinski definition) is 8. The molecule has 4 atom stereocenters. The van der Waals surface area contributed by atoms with E-state index in [1.54, 1.807) is 0 Å². The Morgan fingerprint density at radius 1 is 0.879 bits per heavy atom.